The summed E-state index contributed by atoms with van der Waals surface area (Å²) in [6, 6.07) is 1.68. The first kappa shape index (κ1) is 17.1. The van der Waals surface area contributed by atoms with E-state index in [1.165, 1.54) is 6.26 Å². The van der Waals surface area contributed by atoms with Crippen LogP contribution in [0.25, 0.3) is 0 Å². The molecule has 2 atom stereocenters. The molecule has 1 aromatic rings. The van der Waals surface area contributed by atoms with E-state index in [0.717, 1.165) is 19.4 Å². The second-order valence-electron chi connectivity index (χ2n) is 7.20. The van der Waals surface area contributed by atoms with Gasteiger partial charge in [-0.05, 0) is 25.8 Å². The number of aryl methyl sites for hydroxylation is 1. The summed E-state index contributed by atoms with van der Waals surface area (Å²) in [5, 5.41) is 6.87. The maximum atomic E-state index is 12.6. The number of nitrogens with zero attached hydrogens (tertiary/aromatic N) is 2. The normalized spacial score (nSPS) is 27.7. The molecule has 2 fully saturated rings. The number of carbonyl (C=O) groups is 2. The zero-order chi connectivity index (χ0) is 18.1. The van der Waals surface area contributed by atoms with Gasteiger partial charge >= 0.3 is 0 Å². The standard InChI is InChI=1S/C18H23N3O5/c1-12-14(4-8-24-12)17(23)21-6-5-18(11-21)9-15(20-26-18)16(22)19-10-13-3-2-7-25-13/h4,8,13H,2-3,5-7,9-11H2,1H3,(H,19,22)/t13-,18-/m1/s1. The highest BCUT2D eigenvalue weighted by atomic mass is 16.7. The van der Waals surface area contributed by atoms with Gasteiger partial charge in [0.25, 0.3) is 11.8 Å². The highest BCUT2D eigenvalue weighted by molar-refractivity contribution is 6.39. The molecule has 4 heterocycles. The molecule has 0 aromatic carbocycles. The number of hydrogen-bond acceptors (Lipinski definition) is 6. The van der Waals surface area contributed by atoms with E-state index in [1.54, 1.807) is 17.9 Å². The van der Waals surface area contributed by atoms with Crippen LogP contribution in [0.15, 0.2) is 21.9 Å². The van der Waals surface area contributed by atoms with Gasteiger partial charge in [0, 0.05) is 32.5 Å². The van der Waals surface area contributed by atoms with Gasteiger partial charge in [0.15, 0.2) is 5.60 Å². The van der Waals surface area contributed by atoms with E-state index in [1.807, 2.05) is 0 Å². The van der Waals surface area contributed by atoms with Gasteiger partial charge < -0.3 is 24.2 Å². The lowest BCUT2D eigenvalue weighted by Gasteiger charge is -2.21. The molecule has 8 nitrogen and oxygen atoms in total. The van der Waals surface area contributed by atoms with Crippen LogP contribution in [0, 0.1) is 6.92 Å². The second kappa shape index (κ2) is 6.75. The quantitative estimate of drug-likeness (QED) is 0.871. The van der Waals surface area contributed by atoms with E-state index in [9.17, 15) is 9.59 Å². The van der Waals surface area contributed by atoms with Crippen molar-refractivity contribution in [2.45, 2.75) is 44.3 Å². The van der Waals surface area contributed by atoms with Crippen LogP contribution in [0.2, 0.25) is 0 Å². The number of amides is 2. The largest absolute Gasteiger partial charge is 0.469 e. The van der Waals surface area contributed by atoms with Gasteiger partial charge in [-0.3, -0.25) is 9.59 Å². The van der Waals surface area contributed by atoms with Crippen molar-refractivity contribution in [1.82, 2.24) is 10.2 Å². The molecule has 0 radical (unpaired) electrons. The van der Waals surface area contributed by atoms with E-state index in [2.05, 4.69) is 10.5 Å². The van der Waals surface area contributed by atoms with Crippen LogP contribution in [-0.2, 0) is 14.4 Å². The topological polar surface area (TPSA) is 93.4 Å². The van der Waals surface area contributed by atoms with E-state index in [0.29, 0.717) is 49.5 Å². The van der Waals surface area contributed by atoms with Crippen molar-refractivity contribution < 1.29 is 23.6 Å². The number of nitrogens with one attached hydrogen (secondary N) is 1. The molecule has 3 aliphatic rings. The molecular formula is C18H23N3O5. The van der Waals surface area contributed by atoms with Crippen molar-refractivity contribution in [1.29, 1.82) is 0 Å². The molecule has 0 bridgehead atoms. The number of furan rings is 1. The first-order valence-electron chi connectivity index (χ1n) is 9.05. The molecule has 1 N–H and O–H groups in total. The third-order valence-corrected chi connectivity index (χ3v) is 5.31. The molecule has 4 rings (SSSR count). The lowest BCUT2D eigenvalue weighted by Crippen LogP contribution is -2.40. The Hall–Kier alpha value is -2.35. The van der Waals surface area contributed by atoms with Gasteiger partial charge in [-0.1, -0.05) is 5.16 Å². The number of ether oxygens (including phenoxy) is 1. The third-order valence-electron chi connectivity index (χ3n) is 5.31. The number of likely N-dealkylation sites (tertiary alicyclic amines) is 1. The molecule has 2 saturated heterocycles. The first-order valence-corrected chi connectivity index (χ1v) is 9.05. The number of rotatable bonds is 4. The van der Waals surface area contributed by atoms with Crippen molar-refractivity contribution in [2.24, 2.45) is 5.16 Å². The van der Waals surface area contributed by atoms with E-state index >= 15 is 0 Å². The summed E-state index contributed by atoms with van der Waals surface area (Å²) in [7, 11) is 0. The van der Waals surface area contributed by atoms with Crippen LogP contribution in [0.5, 0.6) is 0 Å². The van der Waals surface area contributed by atoms with Gasteiger partial charge in [-0.15, -0.1) is 0 Å². The molecule has 1 spiro atoms. The maximum absolute atomic E-state index is 12.6. The molecular weight excluding hydrogens is 338 g/mol. The summed E-state index contributed by atoms with van der Waals surface area (Å²) in [5.74, 6) is 0.314. The Morgan fingerprint density at radius 1 is 1.46 bits per heavy atom. The zero-order valence-corrected chi connectivity index (χ0v) is 14.8. The van der Waals surface area contributed by atoms with Gasteiger partial charge in [0.05, 0.1) is 24.5 Å². The average molecular weight is 361 g/mol. The second-order valence-corrected chi connectivity index (χ2v) is 7.20. The first-order chi connectivity index (χ1) is 12.6. The molecule has 140 valence electrons. The Bertz CT molecular complexity index is 737. The smallest absolute Gasteiger partial charge is 0.269 e. The minimum Gasteiger partial charge on any atom is -0.469 e. The van der Waals surface area contributed by atoms with Crippen LogP contribution in [0.1, 0.15) is 41.8 Å². The zero-order valence-electron chi connectivity index (χ0n) is 14.8. The average Bonchev–Trinajstić information content (AvgIpc) is 3.42. The highest BCUT2D eigenvalue weighted by Gasteiger charge is 2.48. The van der Waals surface area contributed by atoms with Crippen LogP contribution < -0.4 is 5.32 Å². The predicted molar refractivity (Wildman–Crippen MR) is 91.8 cm³/mol. The van der Waals surface area contributed by atoms with E-state index in [-0.39, 0.29) is 17.9 Å². The van der Waals surface area contributed by atoms with E-state index < -0.39 is 5.60 Å². The lowest BCUT2D eigenvalue weighted by atomic mass is 9.96. The summed E-state index contributed by atoms with van der Waals surface area (Å²) >= 11 is 0. The van der Waals surface area contributed by atoms with Gasteiger partial charge in [-0.2, -0.15) is 0 Å². The molecule has 0 saturated carbocycles. The van der Waals surface area contributed by atoms with Gasteiger partial charge in [0.2, 0.25) is 0 Å². The van der Waals surface area contributed by atoms with Gasteiger partial charge in [0.1, 0.15) is 11.5 Å². The summed E-state index contributed by atoms with van der Waals surface area (Å²) < 4.78 is 10.7. The molecule has 8 heteroatoms. The summed E-state index contributed by atoms with van der Waals surface area (Å²) in [4.78, 5) is 32.3. The molecule has 1 aromatic heterocycles. The van der Waals surface area contributed by atoms with Crippen molar-refractivity contribution in [3.05, 3.63) is 23.7 Å². The third kappa shape index (κ3) is 3.21. The Morgan fingerprint density at radius 2 is 2.35 bits per heavy atom. The highest BCUT2D eigenvalue weighted by Crippen LogP contribution is 2.34. The molecule has 0 aliphatic carbocycles. The maximum Gasteiger partial charge on any atom is 0.269 e. The van der Waals surface area contributed by atoms with Crippen LogP contribution in [-0.4, -0.2) is 60.4 Å². The minimum atomic E-state index is -0.593. The number of carbonyl (C=O) groups excluding carboxylic acids is 2. The summed E-state index contributed by atoms with van der Waals surface area (Å²) in [6.45, 7) is 4.01. The fourth-order valence-corrected chi connectivity index (χ4v) is 3.77. The van der Waals surface area contributed by atoms with Crippen molar-refractivity contribution in [2.75, 3.05) is 26.2 Å². The molecule has 2 amide bonds. The fraction of sp³-hybridized carbons (Fsp3) is 0.611. The Morgan fingerprint density at radius 3 is 3.08 bits per heavy atom. The van der Waals surface area contributed by atoms with Crippen LogP contribution in [0.4, 0.5) is 0 Å². The van der Waals surface area contributed by atoms with Gasteiger partial charge in [-0.25, -0.2) is 0 Å². The van der Waals surface area contributed by atoms with Crippen molar-refractivity contribution in [3.63, 3.8) is 0 Å². The Balaban J connectivity index is 1.32. The monoisotopic (exact) mass is 361 g/mol. The van der Waals surface area contributed by atoms with Crippen molar-refractivity contribution in [3.8, 4) is 0 Å². The summed E-state index contributed by atoms with van der Waals surface area (Å²) in [5.41, 5.74) is 0.358. The van der Waals surface area contributed by atoms with E-state index in [4.69, 9.17) is 14.0 Å². The molecule has 26 heavy (non-hydrogen) atoms. The Labute approximate surface area is 151 Å². The Kier molecular flexibility index (Phi) is 4.44. The van der Waals surface area contributed by atoms with Crippen LogP contribution >= 0.6 is 0 Å². The molecule has 0 unspecified atom stereocenters. The fourth-order valence-electron chi connectivity index (χ4n) is 3.77. The lowest BCUT2D eigenvalue weighted by molar-refractivity contribution is -0.115. The SMILES string of the molecule is Cc1occc1C(=O)N1CC[C@@]2(CC(C(=O)NC[C@H]3CCCO3)=NO2)C1. The molecule has 3 aliphatic heterocycles. The predicted octanol–water partition coefficient (Wildman–Crippen LogP) is 1.24. The van der Waals surface area contributed by atoms with Crippen molar-refractivity contribution >= 4 is 17.5 Å². The number of oxime groups is 1. The van der Waals surface area contributed by atoms with Crippen LogP contribution in [0.3, 0.4) is 0 Å². The summed E-state index contributed by atoms with van der Waals surface area (Å²) in [6.07, 6.45) is 4.68. The number of hydrogen-bond donors (Lipinski definition) is 1. The minimum absolute atomic E-state index is 0.0759.